The van der Waals surface area contributed by atoms with Crippen LogP contribution in [0.4, 0.5) is 4.79 Å². The number of halogens is 6. The lowest BCUT2D eigenvalue weighted by Crippen LogP contribution is -2.57. The van der Waals surface area contributed by atoms with Crippen LogP contribution in [0, 0.1) is 17.8 Å². The summed E-state index contributed by atoms with van der Waals surface area (Å²) >= 11 is 34.4. The number of unbranched alkanes of at least 4 members (excludes halogenated alkanes) is 2. The number of hydrogen-bond acceptors (Lipinski definition) is 15. The van der Waals surface area contributed by atoms with Crippen LogP contribution in [0.3, 0.4) is 0 Å². The summed E-state index contributed by atoms with van der Waals surface area (Å²) in [6, 6.07) is 4.06. The van der Waals surface area contributed by atoms with Crippen molar-refractivity contribution in [3.05, 3.63) is 59.2 Å². The molecule has 4 N–H and O–H groups in total. The molecule has 21 nitrogen and oxygen atoms in total. The van der Waals surface area contributed by atoms with Gasteiger partial charge in [-0.05, 0) is 83.3 Å². The number of carbonyl (C=O) groups excluding carboxylic acids is 8. The van der Waals surface area contributed by atoms with E-state index < -0.39 is 137 Å². The Balaban J connectivity index is 2.56. The summed E-state index contributed by atoms with van der Waals surface area (Å²) in [4.78, 5) is 114. The monoisotopic (exact) mass is 1290 g/mol. The van der Waals surface area contributed by atoms with E-state index in [9.17, 15) is 42.9 Å². The molecular weight excluding hydrogens is 1220 g/mol. The molecule has 1 aliphatic heterocycles. The van der Waals surface area contributed by atoms with Gasteiger partial charge >= 0.3 is 25.9 Å². The number of allylic oxidation sites excluding steroid dienone is 1. The molecule has 6 amide bonds. The van der Waals surface area contributed by atoms with Crippen LogP contribution in [-0.2, 0) is 72.3 Å². The van der Waals surface area contributed by atoms with Crippen molar-refractivity contribution in [2.24, 2.45) is 17.8 Å². The lowest BCUT2D eigenvalue weighted by molar-refractivity contribution is -0.155. The fourth-order valence-electron chi connectivity index (χ4n) is 8.06. The molecule has 1 heterocycles. The van der Waals surface area contributed by atoms with Gasteiger partial charge in [0.1, 0.15) is 49.6 Å². The first kappa shape index (κ1) is 74.2. The van der Waals surface area contributed by atoms with Crippen molar-refractivity contribution in [2.45, 2.75) is 164 Å². The number of amides is 6. The SMILES string of the molecule is C/C=C(\C)[C@H]1OC(=O)[C@@H](C)NC(=O)[C@H]([C@H](C)CC)NC(=O)CN(C)C(=O)[C@@H](Cc2ccccc2)N(C)C(=O)[C@H](C)NC(=O)[C@@H](CC(C)C)OC(=O)/C(C)=C/C[C@H](OC(=O)NCCCCCOP(=O)(OCC(Cl)(Cl)Cl)OCC(Cl)(Cl)Cl)[C@@H]1C. The molecule has 0 bridgehead atoms. The molecule has 0 saturated carbocycles. The Bertz CT molecular complexity index is 2390. The van der Waals surface area contributed by atoms with Crippen LogP contribution in [0.2, 0.25) is 0 Å². The van der Waals surface area contributed by atoms with Crippen LogP contribution in [0.5, 0.6) is 0 Å². The van der Waals surface area contributed by atoms with Crippen LogP contribution in [0.25, 0.3) is 0 Å². The Hall–Kier alpha value is -3.89. The number of likely N-dealkylation sites (N-methyl/N-ethyl adjacent to an activating group) is 2. The number of hydrogen-bond donors (Lipinski definition) is 4. The third-order valence-corrected chi connectivity index (χ3v) is 15.2. The number of cyclic esters (lactones) is 2. The quantitative estimate of drug-likeness (QED) is 0.0251. The van der Waals surface area contributed by atoms with Crippen molar-refractivity contribution in [1.82, 2.24) is 31.1 Å². The Kier molecular flexibility index (Phi) is 32.2. The molecule has 0 fully saturated rings. The van der Waals surface area contributed by atoms with Crippen LogP contribution >= 0.6 is 77.4 Å². The molecule has 1 aliphatic rings. The minimum Gasteiger partial charge on any atom is -0.456 e. The van der Waals surface area contributed by atoms with Crippen LogP contribution in [-0.4, -0.2) is 154 Å². The van der Waals surface area contributed by atoms with E-state index in [0.717, 1.165) is 4.90 Å². The van der Waals surface area contributed by atoms with Crippen molar-refractivity contribution < 1.29 is 70.7 Å². The zero-order chi connectivity index (χ0) is 62.3. The number of phosphoric acid groups is 1. The lowest BCUT2D eigenvalue weighted by Gasteiger charge is -2.33. The predicted molar refractivity (Wildman–Crippen MR) is 315 cm³/mol. The molecule has 464 valence electrons. The zero-order valence-electron chi connectivity index (χ0n) is 48.5. The molecule has 0 aliphatic carbocycles. The van der Waals surface area contributed by atoms with Gasteiger partial charge in [-0.25, -0.2) is 18.9 Å². The third-order valence-electron chi connectivity index (χ3n) is 13.2. The van der Waals surface area contributed by atoms with E-state index in [4.69, 9.17) is 97.4 Å². The highest BCUT2D eigenvalue weighted by Gasteiger charge is 2.39. The summed E-state index contributed by atoms with van der Waals surface area (Å²) in [5.74, 6) is -6.66. The minimum atomic E-state index is -4.36. The minimum absolute atomic E-state index is 0.0252. The highest BCUT2D eigenvalue weighted by molar-refractivity contribution is 7.48. The van der Waals surface area contributed by atoms with E-state index in [1.165, 1.54) is 45.8 Å². The molecule has 0 unspecified atom stereocenters. The summed E-state index contributed by atoms with van der Waals surface area (Å²) in [7, 11) is -1.57. The second-order valence-electron chi connectivity index (χ2n) is 20.6. The topological polar surface area (TPSA) is 264 Å². The van der Waals surface area contributed by atoms with Crippen LogP contribution in [0.1, 0.15) is 113 Å². The van der Waals surface area contributed by atoms with Gasteiger partial charge in [-0.15, -0.1) is 0 Å². The molecule has 0 spiro atoms. The lowest BCUT2D eigenvalue weighted by atomic mass is 9.90. The van der Waals surface area contributed by atoms with Gasteiger partial charge in [-0.1, -0.05) is 153 Å². The van der Waals surface area contributed by atoms with E-state index in [2.05, 4.69) is 21.3 Å². The normalized spacial score (nSPS) is 24.6. The Morgan fingerprint density at radius 3 is 2.00 bits per heavy atom. The Morgan fingerprint density at radius 2 is 1.44 bits per heavy atom. The first-order valence-corrected chi connectivity index (χ1v) is 30.6. The van der Waals surface area contributed by atoms with E-state index in [-0.39, 0.29) is 50.3 Å². The second-order valence-corrected chi connectivity index (χ2v) is 27.3. The summed E-state index contributed by atoms with van der Waals surface area (Å²) in [6.45, 7) is 14.6. The molecule has 82 heavy (non-hydrogen) atoms. The van der Waals surface area contributed by atoms with Gasteiger partial charge < -0.3 is 45.3 Å². The van der Waals surface area contributed by atoms with Crippen LogP contribution in [0.15, 0.2) is 53.6 Å². The van der Waals surface area contributed by atoms with Crippen LogP contribution < -0.4 is 21.3 Å². The number of rotatable bonds is 19. The summed E-state index contributed by atoms with van der Waals surface area (Å²) in [6.07, 6.45) is 0.150. The van der Waals surface area contributed by atoms with Gasteiger partial charge in [0.15, 0.2) is 6.10 Å². The molecule has 0 saturated heterocycles. The number of ether oxygens (including phenoxy) is 3. The number of carbonyl (C=O) groups is 8. The Morgan fingerprint density at radius 1 is 0.841 bits per heavy atom. The number of nitrogens with one attached hydrogen (secondary N) is 4. The maximum atomic E-state index is 14.3. The average Bonchev–Trinajstić information content (AvgIpc) is 3.52. The number of alkyl carbamates (subject to hydrolysis) is 1. The molecule has 28 heteroatoms. The molecule has 0 aromatic heterocycles. The first-order chi connectivity index (χ1) is 38.1. The number of benzene rings is 1. The second kappa shape index (κ2) is 35.5. The standard InChI is InChI=1S/C54H81Cl6N6O15P/c1-13-33(5)44-47(69)63-38(10)51(73)81-45(34(6)14-2)36(8)41(80-52(74)61-25-19-16-20-26-76-82(75,77-30-53(55,56)57)78-31-54(58,59)60)24-23-35(7)50(72)79-42(27-32(3)4)46(68)62-37(9)48(70)66(12)40(28-39-21-17-15-18-22-39)49(71)65(11)29-43(67)64-44/h14-15,17-18,21-23,32-33,36-38,40-42,44-45H,13,16,19-20,24-31H2,1-12H3,(H,61,74)(H,62,68)(H,63,69)(H,64,67)/b34-14+,35-23+/t33-,36+,37+,38-,40-,41+,42-,44+,45-/m1/s1. The summed E-state index contributed by atoms with van der Waals surface area (Å²) < 4.78 is 42.7. The van der Waals surface area contributed by atoms with Crippen molar-refractivity contribution >= 4 is 125 Å². The fourth-order valence-corrected chi connectivity index (χ4v) is 10.1. The first-order valence-electron chi connectivity index (χ1n) is 26.9. The zero-order valence-corrected chi connectivity index (χ0v) is 54.0. The van der Waals surface area contributed by atoms with E-state index in [1.54, 1.807) is 64.1 Å². The molecule has 1 aromatic rings. The summed E-state index contributed by atoms with van der Waals surface area (Å²) in [5.41, 5.74) is 1.27. The molecule has 2 rings (SSSR count). The number of esters is 2. The van der Waals surface area contributed by atoms with Gasteiger partial charge in [0.05, 0.1) is 13.2 Å². The Labute approximate surface area is 512 Å². The van der Waals surface area contributed by atoms with E-state index in [1.807, 2.05) is 20.8 Å². The number of phosphoric ester groups is 1. The van der Waals surface area contributed by atoms with Gasteiger partial charge in [0, 0.05) is 45.0 Å². The smallest absolute Gasteiger partial charge is 0.456 e. The highest BCUT2D eigenvalue weighted by atomic mass is 35.6. The highest BCUT2D eigenvalue weighted by Crippen LogP contribution is 2.52. The molecule has 1 aromatic carbocycles. The fraction of sp³-hybridized carbons (Fsp3) is 0.667. The summed E-state index contributed by atoms with van der Waals surface area (Å²) in [5, 5.41) is 10.7. The third kappa shape index (κ3) is 27.0. The van der Waals surface area contributed by atoms with Crippen molar-refractivity contribution in [2.75, 3.05) is 47.0 Å². The van der Waals surface area contributed by atoms with E-state index >= 15 is 0 Å². The number of alkyl halides is 6. The average molecular weight is 1300 g/mol. The van der Waals surface area contributed by atoms with Gasteiger partial charge in [-0.3, -0.25) is 37.5 Å². The van der Waals surface area contributed by atoms with Crippen molar-refractivity contribution in [3.8, 4) is 0 Å². The van der Waals surface area contributed by atoms with Gasteiger partial charge in [0.2, 0.25) is 31.2 Å². The number of nitrogens with zero attached hydrogens (tertiary/aromatic N) is 2. The van der Waals surface area contributed by atoms with Crippen molar-refractivity contribution in [3.63, 3.8) is 0 Å². The maximum Gasteiger partial charge on any atom is 0.475 e. The van der Waals surface area contributed by atoms with Gasteiger partial charge in [-0.2, -0.15) is 0 Å². The molecule has 9 atom stereocenters. The molecule has 0 radical (unpaired) electrons. The largest absolute Gasteiger partial charge is 0.475 e. The molecular formula is C54H81Cl6N6O15P. The van der Waals surface area contributed by atoms with Gasteiger partial charge in [0.25, 0.3) is 5.91 Å². The van der Waals surface area contributed by atoms with E-state index in [0.29, 0.717) is 30.4 Å². The van der Waals surface area contributed by atoms with Crippen molar-refractivity contribution in [1.29, 1.82) is 0 Å². The predicted octanol–water partition coefficient (Wildman–Crippen LogP) is 9.04. The maximum absolute atomic E-state index is 14.3.